The van der Waals surface area contributed by atoms with Gasteiger partial charge in [0.25, 0.3) is 0 Å². The third-order valence-corrected chi connectivity index (χ3v) is 2.34. The molecule has 0 spiro atoms. The number of alkyl halides is 1. The summed E-state index contributed by atoms with van der Waals surface area (Å²) in [5, 5.41) is 6.29. The largest absolute Gasteiger partial charge is 0.379 e. The summed E-state index contributed by atoms with van der Waals surface area (Å²) in [6, 6.07) is 0. The summed E-state index contributed by atoms with van der Waals surface area (Å²) >= 11 is 3.04. The van der Waals surface area contributed by atoms with Crippen molar-refractivity contribution in [1.29, 1.82) is 0 Å². The van der Waals surface area contributed by atoms with Crippen molar-refractivity contribution in [2.45, 2.75) is 0 Å². The van der Waals surface area contributed by atoms with Gasteiger partial charge in [-0.25, -0.2) is 0 Å². The lowest BCUT2D eigenvalue weighted by Gasteiger charge is -2.06. The van der Waals surface area contributed by atoms with Crippen molar-refractivity contribution in [1.82, 2.24) is 5.32 Å². The van der Waals surface area contributed by atoms with E-state index in [2.05, 4.69) is 31.3 Å². The van der Waals surface area contributed by atoms with Crippen LogP contribution in [0.2, 0.25) is 0 Å². The van der Waals surface area contributed by atoms with Gasteiger partial charge < -0.3 is 19.5 Å². The lowest BCUT2D eigenvalue weighted by molar-refractivity contribution is -0.118. The molecule has 0 bridgehead atoms. The van der Waals surface area contributed by atoms with E-state index >= 15 is 0 Å². The predicted molar refractivity (Wildman–Crippen MR) is 73.3 cm³/mol. The fourth-order valence-electron chi connectivity index (χ4n) is 1.00. The number of rotatable bonds is 13. The molecule has 0 unspecified atom stereocenters. The van der Waals surface area contributed by atoms with Gasteiger partial charge >= 0.3 is 0 Å². The molecule has 0 atom stereocenters. The third-order valence-electron chi connectivity index (χ3n) is 1.83. The van der Waals surface area contributed by atoms with E-state index in [1.807, 2.05) is 0 Å². The highest BCUT2D eigenvalue weighted by Gasteiger charge is 1.96. The molecule has 9 heteroatoms. The molecule has 0 heterocycles. The van der Waals surface area contributed by atoms with Crippen molar-refractivity contribution < 1.29 is 19.0 Å². The Morgan fingerprint density at radius 1 is 1.11 bits per heavy atom. The second-order valence-corrected chi connectivity index (χ2v) is 3.84. The normalized spacial score (nSPS) is 9.95. The summed E-state index contributed by atoms with van der Waals surface area (Å²) in [7, 11) is 0. The first kappa shape index (κ1) is 18.1. The van der Waals surface area contributed by atoms with Gasteiger partial charge in [0.05, 0.1) is 45.0 Å². The number of ether oxygens (including phenoxy) is 3. The Kier molecular flexibility index (Phi) is 14.5. The minimum atomic E-state index is -0.0577. The summed E-state index contributed by atoms with van der Waals surface area (Å²) in [5.41, 5.74) is 8.01. The van der Waals surface area contributed by atoms with E-state index in [0.29, 0.717) is 58.1 Å². The highest BCUT2D eigenvalue weighted by molar-refractivity contribution is 9.09. The van der Waals surface area contributed by atoms with E-state index in [1.54, 1.807) is 0 Å². The molecule has 0 fully saturated rings. The van der Waals surface area contributed by atoms with Gasteiger partial charge in [-0.3, -0.25) is 4.79 Å². The number of carbonyl (C=O) groups is 1. The first-order valence-corrected chi connectivity index (χ1v) is 7.00. The highest BCUT2D eigenvalue weighted by atomic mass is 79.9. The SMILES string of the molecule is [N-]=[N+]=NCCOCCOCCOCCNC(=O)CBr. The van der Waals surface area contributed by atoms with E-state index in [-0.39, 0.29) is 5.91 Å². The monoisotopic (exact) mass is 338 g/mol. The maximum absolute atomic E-state index is 10.8. The number of nitrogens with one attached hydrogen (secondary N) is 1. The topological polar surface area (TPSA) is 106 Å². The lowest BCUT2D eigenvalue weighted by atomic mass is 10.6. The molecule has 0 radical (unpaired) electrons. The molecule has 0 rings (SSSR count). The quantitative estimate of drug-likeness (QED) is 0.177. The molecule has 8 nitrogen and oxygen atoms in total. The summed E-state index contributed by atoms with van der Waals surface area (Å²) in [4.78, 5) is 13.4. The van der Waals surface area contributed by atoms with E-state index in [1.165, 1.54) is 0 Å². The van der Waals surface area contributed by atoms with Crippen LogP contribution in [0.5, 0.6) is 0 Å². The number of hydrogen-bond acceptors (Lipinski definition) is 5. The summed E-state index contributed by atoms with van der Waals surface area (Å²) in [5.74, 6) is -0.0577. The molecule has 0 aromatic carbocycles. The van der Waals surface area contributed by atoms with E-state index in [0.717, 1.165) is 0 Å². The number of carbonyl (C=O) groups excluding carboxylic acids is 1. The smallest absolute Gasteiger partial charge is 0.230 e. The predicted octanol–water partition coefficient (Wildman–Crippen LogP) is 0.858. The van der Waals surface area contributed by atoms with Crippen LogP contribution in [-0.4, -0.2) is 64.0 Å². The molecule has 110 valence electrons. The molecule has 0 aromatic heterocycles. The maximum Gasteiger partial charge on any atom is 0.230 e. The Hall–Kier alpha value is -0.860. The van der Waals surface area contributed by atoms with E-state index < -0.39 is 0 Å². The second-order valence-electron chi connectivity index (χ2n) is 3.28. The summed E-state index contributed by atoms with van der Waals surface area (Å²) < 4.78 is 15.6. The van der Waals surface area contributed by atoms with Gasteiger partial charge in [0, 0.05) is 18.0 Å². The molecular formula is C10H19BrN4O4. The first-order chi connectivity index (χ1) is 9.31. The Bertz CT molecular complexity index is 274. The minimum absolute atomic E-state index is 0.0577. The van der Waals surface area contributed by atoms with Crippen molar-refractivity contribution in [2.75, 3.05) is 58.1 Å². The Labute approximate surface area is 120 Å². The van der Waals surface area contributed by atoms with Gasteiger partial charge in [-0.1, -0.05) is 21.0 Å². The van der Waals surface area contributed by atoms with Gasteiger partial charge in [0.2, 0.25) is 5.91 Å². The zero-order valence-electron chi connectivity index (χ0n) is 10.7. The number of hydrogen-bond donors (Lipinski definition) is 1. The van der Waals surface area contributed by atoms with E-state index in [4.69, 9.17) is 19.7 Å². The molecular weight excluding hydrogens is 320 g/mol. The van der Waals surface area contributed by atoms with E-state index in [9.17, 15) is 4.79 Å². The zero-order chi connectivity index (χ0) is 14.2. The van der Waals surface area contributed by atoms with Crippen molar-refractivity contribution in [3.63, 3.8) is 0 Å². The Balaban J connectivity index is 3.02. The number of azide groups is 1. The van der Waals surface area contributed by atoms with Crippen molar-refractivity contribution in [3.05, 3.63) is 10.4 Å². The number of amides is 1. The fourth-order valence-corrected chi connectivity index (χ4v) is 1.20. The van der Waals surface area contributed by atoms with Gasteiger partial charge in [-0.05, 0) is 5.53 Å². The van der Waals surface area contributed by atoms with Crippen molar-refractivity contribution in [3.8, 4) is 0 Å². The molecule has 1 N–H and O–H groups in total. The van der Waals surface area contributed by atoms with Crippen LogP contribution in [0.25, 0.3) is 10.4 Å². The first-order valence-electron chi connectivity index (χ1n) is 5.88. The Morgan fingerprint density at radius 2 is 1.68 bits per heavy atom. The lowest BCUT2D eigenvalue weighted by Crippen LogP contribution is -2.28. The molecule has 0 saturated heterocycles. The van der Waals surface area contributed by atoms with Gasteiger partial charge in [-0.2, -0.15) is 0 Å². The van der Waals surface area contributed by atoms with Crippen LogP contribution < -0.4 is 5.32 Å². The average molecular weight is 339 g/mol. The third kappa shape index (κ3) is 15.1. The van der Waals surface area contributed by atoms with Crippen LogP contribution in [-0.2, 0) is 19.0 Å². The molecule has 0 aromatic rings. The van der Waals surface area contributed by atoms with Gasteiger partial charge in [0.15, 0.2) is 0 Å². The number of nitrogens with zero attached hydrogens (tertiary/aromatic N) is 3. The second kappa shape index (κ2) is 15.2. The maximum atomic E-state index is 10.8. The van der Waals surface area contributed by atoms with Gasteiger partial charge in [0.1, 0.15) is 0 Å². The van der Waals surface area contributed by atoms with Gasteiger partial charge in [-0.15, -0.1) is 0 Å². The Morgan fingerprint density at radius 3 is 2.26 bits per heavy atom. The highest BCUT2D eigenvalue weighted by Crippen LogP contribution is 1.82. The van der Waals surface area contributed by atoms with Crippen LogP contribution in [0, 0.1) is 0 Å². The molecule has 19 heavy (non-hydrogen) atoms. The van der Waals surface area contributed by atoms with Crippen molar-refractivity contribution in [2.24, 2.45) is 5.11 Å². The number of halogens is 1. The minimum Gasteiger partial charge on any atom is -0.379 e. The van der Waals surface area contributed by atoms with Crippen molar-refractivity contribution >= 4 is 21.8 Å². The molecule has 0 aliphatic heterocycles. The van der Waals surface area contributed by atoms with Crippen LogP contribution in [0.4, 0.5) is 0 Å². The molecule has 0 aliphatic carbocycles. The fraction of sp³-hybridized carbons (Fsp3) is 0.900. The standard InChI is InChI=1S/C10H19BrN4O4/c11-9-10(16)13-1-3-17-5-7-19-8-6-18-4-2-14-15-12/h1-9H2,(H,13,16). The zero-order valence-corrected chi connectivity index (χ0v) is 12.3. The van der Waals surface area contributed by atoms with Crippen LogP contribution in [0.1, 0.15) is 0 Å². The van der Waals surface area contributed by atoms with Crippen LogP contribution >= 0.6 is 15.9 Å². The van der Waals surface area contributed by atoms with Crippen LogP contribution in [0.3, 0.4) is 0 Å². The molecule has 1 amide bonds. The van der Waals surface area contributed by atoms with Crippen LogP contribution in [0.15, 0.2) is 5.11 Å². The summed E-state index contributed by atoms with van der Waals surface area (Å²) in [6.45, 7) is 3.58. The molecule has 0 saturated carbocycles. The summed E-state index contributed by atoms with van der Waals surface area (Å²) in [6.07, 6.45) is 0. The average Bonchev–Trinajstić information content (AvgIpc) is 2.43. The molecule has 0 aliphatic rings.